The molecule has 6 heteroatoms. The molecule has 1 aromatic heterocycles. The number of nitrogens with zero attached hydrogens (tertiary/aromatic N) is 2. The summed E-state index contributed by atoms with van der Waals surface area (Å²) in [7, 11) is 4.17. The van der Waals surface area contributed by atoms with Crippen LogP contribution in [0.15, 0.2) is 15.9 Å². The third kappa shape index (κ3) is 2.76. The van der Waals surface area contributed by atoms with Crippen LogP contribution in [0.4, 0.5) is 0 Å². The molecule has 2 rings (SSSR count). The van der Waals surface area contributed by atoms with E-state index in [0.29, 0.717) is 11.3 Å². The van der Waals surface area contributed by atoms with Crippen molar-refractivity contribution in [2.75, 3.05) is 33.4 Å². The highest BCUT2D eigenvalue weighted by Crippen LogP contribution is 2.29. The molecule has 1 aromatic rings. The van der Waals surface area contributed by atoms with Gasteiger partial charge in [-0.2, -0.15) is 11.8 Å². The second kappa shape index (κ2) is 5.94. The summed E-state index contributed by atoms with van der Waals surface area (Å²) < 4.78 is 0.909. The van der Waals surface area contributed by atoms with E-state index in [1.165, 1.54) is 11.3 Å². The molecule has 2 heterocycles. The van der Waals surface area contributed by atoms with Gasteiger partial charge in [0.1, 0.15) is 4.88 Å². The zero-order valence-electron chi connectivity index (χ0n) is 10.7. The number of carbonyl (C=O) groups excluding carboxylic acids is 1. The number of hydrogen-bond acceptors (Lipinski definition) is 4. The summed E-state index contributed by atoms with van der Waals surface area (Å²) in [5.74, 6) is 0.153. The predicted octanol–water partition coefficient (Wildman–Crippen LogP) is 2.63. The predicted molar refractivity (Wildman–Crippen MR) is 82.7 cm³/mol. The van der Waals surface area contributed by atoms with Crippen molar-refractivity contribution >= 4 is 44.9 Å². The standard InChI is InChI=1S/C12H17BrN2OS2/c1-14(2)9-6-15(7-10(9)17-3)12(16)11-8(13)4-5-18-11/h4-5,9-10H,6-7H2,1-3H3/t9-,10+/m0/s1. The summed E-state index contributed by atoms with van der Waals surface area (Å²) in [6, 6.07) is 2.38. The molecule has 0 unspecified atom stereocenters. The molecule has 18 heavy (non-hydrogen) atoms. The normalized spacial score (nSPS) is 23.9. The minimum atomic E-state index is 0.153. The molecule has 1 amide bonds. The van der Waals surface area contributed by atoms with Crippen LogP contribution in [0, 0.1) is 0 Å². The summed E-state index contributed by atoms with van der Waals surface area (Å²) in [4.78, 5) is 17.4. The summed E-state index contributed by atoms with van der Waals surface area (Å²) in [6.07, 6.45) is 2.12. The van der Waals surface area contributed by atoms with Crippen LogP contribution in [-0.2, 0) is 0 Å². The SMILES string of the molecule is CS[C@@H]1CN(C(=O)c2sccc2Br)C[C@@H]1N(C)C. The van der Waals surface area contributed by atoms with Crippen LogP contribution in [0.1, 0.15) is 9.67 Å². The Hall–Kier alpha value is -0.0400. The van der Waals surface area contributed by atoms with Crippen molar-refractivity contribution in [2.24, 2.45) is 0 Å². The minimum Gasteiger partial charge on any atom is -0.335 e. The highest BCUT2D eigenvalue weighted by atomic mass is 79.9. The summed E-state index contributed by atoms with van der Waals surface area (Å²) in [5.41, 5.74) is 0. The molecule has 0 N–H and O–H groups in total. The van der Waals surface area contributed by atoms with Gasteiger partial charge in [-0.15, -0.1) is 11.3 Å². The molecule has 0 aromatic carbocycles. The van der Waals surface area contributed by atoms with Crippen molar-refractivity contribution < 1.29 is 4.79 Å². The lowest BCUT2D eigenvalue weighted by Crippen LogP contribution is -2.37. The quantitative estimate of drug-likeness (QED) is 0.838. The number of amides is 1. The van der Waals surface area contributed by atoms with Crippen LogP contribution in [0.25, 0.3) is 0 Å². The van der Waals surface area contributed by atoms with Crippen molar-refractivity contribution in [1.29, 1.82) is 0 Å². The Bertz CT molecular complexity index is 435. The van der Waals surface area contributed by atoms with Gasteiger partial charge in [0.05, 0.1) is 0 Å². The van der Waals surface area contributed by atoms with Crippen LogP contribution < -0.4 is 0 Å². The minimum absolute atomic E-state index is 0.153. The van der Waals surface area contributed by atoms with Gasteiger partial charge in [-0.1, -0.05) is 0 Å². The first-order valence-corrected chi connectivity index (χ1v) is 8.72. The molecule has 0 radical (unpaired) electrons. The molecule has 1 aliphatic rings. The number of halogens is 1. The molecule has 100 valence electrons. The molecule has 0 saturated carbocycles. The topological polar surface area (TPSA) is 23.6 Å². The van der Waals surface area contributed by atoms with Gasteiger partial charge in [-0.3, -0.25) is 4.79 Å². The summed E-state index contributed by atoms with van der Waals surface area (Å²) >= 11 is 6.79. The molecule has 1 aliphatic heterocycles. The number of thiophene rings is 1. The van der Waals surface area contributed by atoms with E-state index in [2.05, 4.69) is 41.2 Å². The molecular formula is C12H17BrN2OS2. The molecule has 1 fully saturated rings. The van der Waals surface area contributed by atoms with Crippen molar-refractivity contribution in [3.05, 3.63) is 20.8 Å². The van der Waals surface area contributed by atoms with Crippen LogP contribution in [0.2, 0.25) is 0 Å². The Morgan fingerprint density at radius 1 is 1.56 bits per heavy atom. The van der Waals surface area contributed by atoms with Crippen molar-refractivity contribution in [3.8, 4) is 0 Å². The maximum Gasteiger partial charge on any atom is 0.265 e. The van der Waals surface area contributed by atoms with Crippen LogP contribution >= 0.6 is 39.0 Å². The molecule has 0 spiro atoms. The summed E-state index contributed by atoms with van der Waals surface area (Å²) in [6.45, 7) is 1.66. The fourth-order valence-corrected chi connectivity index (χ4v) is 4.72. The van der Waals surface area contributed by atoms with Gasteiger partial charge in [0, 0.05) is 28.9 Å². The van der Waals surface area contributed by atoms with E-state index in [9.17, 15) is 4.79 Å². The number of carbonyl (C=O) groups is 1. The Morgan fingerprint density at radius 3 is 2.72 bits per heavy atom. The monoisotopic (exact) mass is 348 g/mol. The van der Waals surface area contributed by atoms with E-state index >= 15 is 0 Å². The van der Waals surface area contributed by atoms with Crippen LogP contribution in [0.5, 0.6) is 0 Å². The number of likely N-dealkylation sites (N-methyl/N-ethyl adjacent to an activating group) is 1. The Morgan fingerprint density at radius 2 is 2.28 bits per heavy atom. The molecule has 1 saturated heterocycles. The molecule has 0 aliphatic carbocycles. The van der Waals surface area contributed by atoms with Crippen LogP contribution in [0.3, 0.4) is 0 Å². The maximum absolute atomic E-state index is 12.4. The van der Waals surface area contributed by atoms with Gasteiger partial charge in [-0.25, -0.2) is 0 Å². The lowest BCUT2D eigenvalue weighted by Gasteiger charge is -2.23. The average Bonchev–Trinajstić information content (AvgIpc) is 2.93. The molecule has 0 bridgehead atoms. The highest BCUT2D eigenvalue weighted by molar-refractivity contribution is 9.10. The Balaban J connectivity index is 2.12. The van der Waals surface area contributed by atoms with Crippen molar-refractivity contribution in [3.63, 3.8) is 0 Å². The zero-order chi connectivity index (χ0) is 13.3. The molecule has 3 nitrogen and oxygen atoms in total. The van der Waals surface area contributed by atoms with E-state index in [0.717, 1.165) is 22.4 Å². The lowest BCUT2D eigenvalue weighted by atomic mass is 10.2. The van der Waals surface area contributed by atoms with E-state index in [4.69, 9.17) is 0 Å². The fourth-order valence-electron chi connectivity index (χ4n) is 2.24. The molecular weight excluding hydrogens is 332 g/mol. The van der Waals surface area contributed by atoms with E-state index < -0.39 is 0 Å². The lowest BCUT2D eigenvalue weighted by molar-refractivity contribution is 0.0787. The van der Waals surface area contributed by atoms with E-state index in [-0.39, 0.29) is 5.91 Å². The molecule has 2 atom stereocenters. The number of rotatable bonds is 3. The van der Waals surface area contributed by atoms with E-state index in [1.807, 2.05) is 28.1 Å². The average molecular weight is 349 g/mol. The smallest absolute Gasteiger partial charge is 0.265 e. The first-order chi connectivity index (χ1) is 8.54. The van der Waals surface area contributed by atoms with Crippen LogP contribution in [-0.4, -0.2) is 60.4 Å². The Labute approximate surface area is 125 Å². The van der Waals surface area contributed by atoms with Gasteiger partial charge in [-0.05, 0) is 47.7 Å². The Kier molecular flexibility index (Phi) is 4.75. The van der Waals surface area contributed by atoms with E-state index in [1.54, 1.807) is 0 Å². The number of likely N-dealkylation sites (tertiary alicyclic amines) is 1. The third-order valence-electron chi connectivity index (χ3n) is 3.30. The van der Waals surface area contributed by atoms with Gasteiger partial charge >= 0.3 is 0 Å². The first-order valence-electron chi connectivity index (χ1n) is 5.76. The first kappa shape index (κ1) is 14.4. The number of hydrogen-bond donors (Lipinski definition) is 0. The third-order valence-corrected chi connectivity index (χ3v) is 6.20. The maximum atomic E-state index is 12.4. The number of thioether (sulfide) groups is 1. The fraction of sp³-hybridized carbons (Fsp3) is 0.583. The van der Waals surface area contributed by atoms with Gasteiger partial charge in [0.25, 0.3) is 5.91 Å². The largest absolute Gasteiger partial charge is 0.335 e. The van der Waals surface area contributed by atoms with Crippen molar-refractivity contribution in [1.82, 2.24) is 9.80 Å². The summed E-state index contributed by atoms with van der Waals surface area (Å²) in [5, 5.41) is 2.45. The highest BCUT2D eigenvalue weighted by Gasteiger charge is 2.36. The van der Waals surface area contributed by atoms with Gasteiger partial charge < -0.3 is 9.80 Å². The van der Waals surface area contributed by atoms with Gasteiger partial charge in [0.15, 0.2) is 0 Å². The second-order valence-electron chi connectivity index (χ2n) is 4.61. The van der Waals surface area contributed by atoms with Crippen molar-refractivity contribution in [2.45, 2.75) is 11.3 Å². The second-order valence-corrected chi connectivity index (χ2v) is 7.46. The van der Waals surface area contributed by atoms with Gasteiger partial charge in [0.2, 0.25) is 0 Å². The zero-order valence-corrected chi connectivity index (χ0v) is 13.9.